The Labute approximate surface area is 117 Å². The van der Waals surface area contributed by atoms with Gasteiger partial charge in [0.2, 0.25) is 0 Å². The summed E-state index contributed by atoms with van der Waals surface area (Å²) in [5, 5.41) is 7.84. The van der Waals surface area contributed by atoms with Crippen LogP contribution in [-0.2, 0) is 18.2 Å². The standard InChI is InChI=1S/C15H29N3O/c1-6-11-16-14(15(3,4)19-7-2)9-8-13-10-12-17-18(13)5/h10,12,14,16H,6-9,11H2,1-5H3. The monoisotopic (exact) mass is 267 g/mol. The highest BCUT2D eigenvalue weighted by Crippen LogP contribution is 2.19. The van der Waals surface area contributed by atoms with Crippen molar-refractivity contribution >= 4 is 0 Å². The normalized spacial score (nSPS) is 13.7. The summed E-state index contributed by atoms with van der Waals surface area (Å²) < 4.78 is 7.85. The third-order valence-electron chi connectivity index (χ3n) is 3.61. The molecule has 0 bridgehead atoms. The second-order valence-corrected chi connectivity index (χ2v) is 5.53. The maximum Gasteiger partial charge on any atom is 0.0778 e. The van der Waals surface area contributed by atoms with Gasteiger partial charge in [-0.15, -0.1) is 0 Å². The molecule has 0 spiro atoms. The van der Waals surface area contributed by atoms with Gasteiger partial charge in [0.15, 0.2) is 0 Å². The Hall–Kier alpha value is -0.870. The summed E-state index contributed by atoms with van der Waals surface area (Å²) in [5.41, 5.74) is 1.14. The van der Waals surface area contributed by atoms with Gasteiger partial charge in [-0.3, -0.25) is 4.68 Å². The topological polar surface area (TPSA) is 39.1 Å². The third-order valence-corrected chi connectivity index (χ3v) is 3.61. The molecule has 19 heavy (non-hydrogen) atoms. The predicted molar refractivity (Wildman–Crippen MR) is 79.3 cm³/mol. The highest BCUT2D eigenvalue weighted by atomic mass is 16.5. The highest BCUT2D eigenvalue weighted by molar-refractivity contribution is 5.01. The van der Waals surface area contributed by atoms with Gasteiger partial charge in [-0.2, -0.15) is 5.10 Å². The van der Waals surface area contributed by atoms with Crippen molar-refractivity contribution in [3.8, 4) is 0 Å². The van der Waals surface area contributed by atoms with Gasteiger partial charge in [0.25, 0.3) is 0 Å². The molecule has 1 rings (SSSR count). The van der Waals surface area contributed by atoms with Crippen molar-refractivity contribution in [3.05, 3.63) is 18.0 Å². The molecule has 0 aliphatic heterocycles. The maximum atomic E-state index is 5.90. The summed E-state index contributed by atoms with van der Waals surface area (Å²) in [6.45, 7) is 10.4. The molecular formula is C15H29N3O. The zero-order valence-electron chi connectivity index (χ0n) is 13.1. The van der Waals surface area contributed by atoms with Crippen LogP contribution in [0.1, 0.15) is 46.2 Å². The van der Waals surface area contributed by atoms with Gasteiger partial charge in [0.1, 0.15) is 0 Å². The molecular weight excluding hydrogens is 238 g/mol. The largest absolute Gasteiger partial charge is 0.374 e. The molecule has 4 nitrogen and oxygen atoms in total. The minimum absolute atomic E-state index is 0.136. The van der Waals surface area contributed by atoms with Crippen molar-refractivity contribution < 1.29 is 4.74 Å². The molecule has 110 valence electrons. The van der Waals surface area contributed by atoms with E-state index in [1.54, 1.807) is 0 Å². The second-order valence-electron chi connectivity index (χ2n) is 5.53. The second kappa shape index (κ2) is 7.65. The van der Waals surface area contributed by atoms with E-state index in [0.29, 0.717) is 6.04 Å². The molecule has 1 aromatic heterocycles. The lowest BCUT2D eigenvalue weighted by atomic mass is 9.93. The summed E-state index contributed by atoms with van der Waals surface area (Å²) in [6.07, 6.45) is 5.09. The van der Waals surface area contributed by atoms with Crippen molar-refractivity contribution in [2.45, 2.75) is 58.6 Å². The molecule has 0 saturated carbocycles. The first-order chi connectivity index (χ1) is 9.01. The number of hydrogen-bond donors (Lipinski definition) is 1. The fraction of sp³-hybridized carbons (Fsp3) is 0.800. The smallest absolute Gasteiger partial charge is 0.0778 e. The quantitative estimate of drug-likeness (QED) is 0.747. The van der Waals surface area contributed by atoms with E-state index in [2.05, 4.69) is 44.2 Å². The number of nitrogens with one attached hydrogen (secondary N) is 1. The Morgan fingerprint density at radius 1 is 1.42 bits per heavy atom. The first-order valence-electron chi connectivity index (χ1n) is 7.35. The minimum atomic E-state index is -0.136. The Morgan fingerprint density at radius 3 is 2.68 bits per heavy atom. The van der Waals surface area contributed by atoms with Crippen molar-refractivity contribution in [2.75, 3.05) is 13.2 Å². The fourth-order valence-corrected chi connectivity index (χ4v) is 2.43. The number of nitrogens with zero attached hydrogens (tertiary/aromatic N) is 2. The van der Waals surface area contributed by atoms with Crippen LogP contribution in [0.4, 0.5) is 0 Å². The van der Waals surface area contributed by atoms with Crippen LogP contribution in [0.25, 0.3) is 0 Å². The van der Waals surface area contributed by atoms with Crippen molar-refractivity contribution in [3.63, 3.8) is 0 Å². The van der Waals surface area contributed by atoms with Crippen molar-refractivity contribution in [1.29, 1.82) is 0 Å². The summed E-state index contributed by atoms with van der Waals surface area (Å²) in [6, 6.07) is 2.45. The zero-order valence-corrected chi connectivity index (χ0v) is 13.1. The first kappa shape index (κ1) is 16.2. The van der Waals surface area contributed by atoms with Crippen LogP contribution < -0.4 is 5.32 Å². The molecule has 0 amide bonds. The van der Waals surface area contributed by atoms with Gasteiger partial charge in [-0.05, 0) is 52.6 Å². The summed E-state index contributed by atoms with van der Waals surface area (Å²) in [7, 11) is 2.00. The van der Waals surface area contributed by atoms with Crippen LogP contribution in [0.15, 0.2) is 12.3 Å². The number of aryl methyl sites for hydroxylation is 2. The fourth-order valence-electron chi connectivity index (χ4n) is 2.43. The van der Waals surface area contributed by atoms with E-state index in [4.69, 9.17) is 4.74 Å². The molecule has 0 saturated heterocycles. The van der Waals surface area contributed by atoms with Crippen LogP contribution in [0, 0.1) is 0 Å². The van der Waals surface area contributed by atoms with E-state index in [-0.39, 0.29) is 5.60 Å². The zero-order chi connectivity index (χ0) is 14.3. The molecule has 1 N–H and O–H groups in total. The van der Waals surface area contributed by atoms with E-state index in [0.717, 1.165) is 32.4 Å². The van der Waals surface area contributed by atoms with Gasteiger partial charge in [-0.1, -0.05) is 6.92 Å². The lowest BCUT2D eigenvalue weighted by molar-refractivity contribution is -0.0400. The predicted octanol–water partition coefficient (Wildman–Crippen LogP) is 2.54. The van der Waals surface area contributed by atoms with Gasteiger partial charge < -0.3 is 10.1 Å². The third kappa shape index (κ3) is 4.96. The van der Waals surface area contributed by atoms with Crippen molar-refractivity contribution in [2.24, 2.45) is 7.05 Å². The lowest BCUT2D eigenvalue weighted by Gasteiger charge is -2.35. The maximum absolute atomic E-state index is 5.90. The average Bonchev–Trinajstić information content (AvgIpc) is 2.74. The lowest BCUT2D eigenvalue weighted by Crippen LogP contribution is -2.49. The van der Waals surface area contributed by atoms with E-state index < -0.39 is 0 Å². The Kier molecular flexibility index (Phi) is 6.52. The SMILES string of the molecule is CCCNC(CCc1ccnn1C)C(C)(C)OCC. The van der Waals surface area contributed by atoms with E-state index >= 15 is 0 Å². The summed E-state index contributed by atoms with van der Waals surface area (Å²) in [4.78, 5) is 0. The van der Waals surface area contributed by atoms with Gasteiger partial charge >= 0.3 is 0 Å². The van der Waals surface area contributed by atoms with E-state index in [9.17, 15) is 0 Å². The average molecular weight is 267 g/mol. The number of hydrogen-bond acceptors (Lipinski definition) is 3. The molecule has 4 heteroatoms. The van der Waals surface area contributed by atoms with Crippen LogP contribution in [-0.4, -0.2) is 34.6 Å². The Balaban J connectivity index is 2.61. The van der Waals surface area contributed by atoms with Gasteiger partial charge in [-0.25, -0.2) is 0 Å². The van der Waals surface area contributed by atoms with Crippen LogP contribution >= 0.6 is 0 Å². The molecule has 1 heterocycles. The summed E-state index contributed by atoms with van der Waals surface area (Å²) >= 11 is 0. The van der Waals surface area contributed by atoms with Crippen LogP contribution in [0.5, 0.6) is 0 Å². The molecule has 1 aromatic rings. The molecule has 0 aliphatic carbocycles. The molecule has 0 fully saturated rings. The number of aromatic nitrogens is 2. The summed E-state index contributed by atoms with van der Waals surface area (Å²) in [5.74, 6) is 0. The Bertz CT molecular complexity index is 360. The van der Waals surface area contributed by atoms with Crippen LogP contribution in [0.2, 0.25) is 0 Å². The molecule has 0 aromatic carbocycles. The van der Waals surface area contributed by atoms with Gasteiger partial charge in [0.05, 0.1) is 5.60 Å². The van der Waals surface area contributed by atoms with Gasteiger partial charge in [0, 0.05) is 31.6 Å². The molecule has 0 radical (unpaired) electrons. The Morgan fingerprint density at radius 2 is 2.16 bits per heavy atom. The minimum Gasteiger partial charge on any atom is -0.374 e. The highest BCUT2D eigenvalue weighted by Gasteiger charge is 2.29. The molecule has 1 unspecified atom stereocenters. The van der Waals surface area contributed by atoms with E-state index in [1.807, 2.05) is 17.9 Å². The number of ether oxygens (including phenoxy) is 1. The number of rotatable bonds is 9. The first-order valence-corrected chi connectivity index (χ1v) is 7.35. The van der Waals surface area contributed by atoms with E-state index in [1.165, 1.54) is 5.69 Å². The van der Waals surface area contributed by atoms with Crippen molar-refractivity contribution in [1.82, 2.24) is 15.1 Å². The molecule has 1 atom stereocenters. The van der Waals surface area contributed by atoms with Crippen LogP contribution in [0.3, 0.4) is 0 Å². The molecule has 0 aliphatic rings.